The van der Waals surface area contributed by atoms with Crippen LogP contribution >= 0.6 is 0 Å². The van der Waals surface area contributed by atoms with Gasteiger partial charge in [-0.15, -0.1) is 0 Å². The number of hydrogen-bond acceptors (Lipinski definition) is 4. The Labute approximate surface area is 154 Å². The first-order valence-electron chi connectivity index (χ1n) is 9.68. The fourth-order valence-corrected chi connectivity index (χ4v) is 4.53. The Balaban J connectivity index is 1.28. The van der Waals surface area contributed by atoms with Gasteiger partial charge in [-0.3, -0.25) is 14.7 Å². The summed E-state index contributed by atoms with van der Waals surface area (Å²) in [5.41, 5.74) is -0.614. The Morgan fingerprint density at radius 1 is 1.38 bits per heavy atom. The zero-order chi connectivity index (χ0) is 18.2. The fourth-order valence-electron chi connectivity index (χ4n) is 4.53. The van der Waals surface area contributed by atoms with E-state index < -0.39 is 5.67 Å². The number of nitrogens with zero attached hydrogens (tertiary/aromatic N) is 3. The third-order valence-electron chi connectivity index (χ3n) is 6.47. The summed E-state index contributed by atoms with van der Waals surface area (Å²) in [6.45, 7) is 3.57. The summed E-state index contributed by atoms with van der Waals surface area (Å²) in [5.74, 6) is 0.200. The lowest BCUT2D eigenvalue weighted by Gasteiger charge is -2.59. The second-order valence-corrected chi connectivity index (χ2v) is 8.32. The van der Waals surface area contributed by atoms with Crippen molar-refractivity contribution in [3.63, 3.8) is 0 Å². The van der Waals surface area contributed by atoms with E-state index in [1.165, 1.54) is 0 Å². The molecular weight excluding hydrogens is 333 g/mol. The van der Waals surface area contributed by atoms with Gasteiger partial charge in [-0.2, -0.15) is 0 Å². The quantitative estimate of drug-likeness (QED) is 0.808. The van der Waals surface area contributed by atoms with Crippen molar-refractivity contribution in [2.45, 2.75) is 49.9 Å². The number of likely N-dealkylation sites (N-methyl/N-ethyl adjacent to an activating group) is 1. The number of ether oxygens (including phenoxy) is 1. The lowest BCUT2D eigenvalue weighted by atomic mass is 9.73. The zero-order valence-electron chi connectivity index (χ0n) is 15.5. The molecule has 1 aliphatic carbocycles. The largest absolute Gasteiger partial charge is 0.375 e. The molecular formula is C20H28FN3O2. The van der Waals surface area contributed by atoms with Crippen LogP contribution in [0.4, 0.5) is 4.39 Å². The van der Waals surface area contributed by atoms with E-state index in [-0.39, 0.29) is 11.4 Å². The first kappa shape index (κ1) is 17.9. The van der Waals surface area contributed by atoms with E-state index in [2.05, 4.69) is 16.9 Å². The Morgan fingerprint density at radius 2 is 2.19 bits per heavy atom. The number of pyridine rings is 1. The van der Waals surface area contributed by atoms with Crippen LogP contribution in [-0.2, 0) is 16.1 Å². The lowest BCUT2D eigenvalue weighted by Crippen LogP contribution is -2.74. The van der Waals surface area contributed by atoms with Crippen molar-refractivity contribution < 1.29 is 13.9 Å². The van der Waals surface area contributed by atoms with Crippen LogP contribution in [0.25, 0.3) is 0 Å². The van der Waals surface area contributed by atoms with E-state index in [9.17, 15) is 9.18 Å². The van der Waals surface area contributed by atoms with Crippen LogP contribution in [0.5, 0.6) is 0 Å². The van der Waals surface area contributed by atoms with E-state index in [0.717, 1.165) is 31.5 Å². The molecule has 3 aliphatic rings. The maximum atomic E-state index is 14.4. The van der Waals surface area contributed by atoms with Gasteiger partial charge in [-0.1, -0.05) is 6.07 Å². The molecule has 6 heteroatoms. The normalized spacial score (nSPS) is 27.0. The minimum atomic E-state index is -1.57. The Morgan fingerprint density at radius 3 is 2.85 bits per heavy atom. The molecule has 1 aromatic rings. The van der Waals surface area contributed by atoms with Crippen LogP contribution in [-0.4, -0.2) is 65.2 Å². The molecule has 1 amide bonds. The molecule has 1 unspecified atom stereocenters. The van der Waals surface area contributed by atoms with Gasteiger partial charge < -0.3 is 9.64 Å². The first-order chi connectivity index (χ1) is 12.5. The minimum absolute atomic E-state index is 0.00698. The molecule has 0 bridgehead atoms. The number of carbonyl (C=O) groups excluding carboxylic acids is 1. The standard InChI is InChI=1S/C20H28FN3O2/c1-23-10-6-16(12-26-13-17-5-2-3-9-22-17)11-19(23)14-24(15-19)18(25)20(21)7-4-8-20/h2-3,5,9,16H,4,6-8,10-15H2,1H3. The summed E-state index contributed by atoms with van der Waals surface area (Å²) >= 11 is 0. The van der Waals surface area contributed by atoms with Crippen LogP contribution in [0.15, 0.2) is 24.4 Å². The lowest BCUT2D eigenvalue weighted by molar-refractivity contribution is -0.169. The van der Waals surface area contributed by atoms with E-state index in [4.69, 9.17) is 4.74 Å². The van der Waals surface area contributed by atoms with Gasteiger partial charge in [0.15, 0.2) is 5.67 Å². The van der Waals surface area contributed by atoms with Crippen molar-refractivity contribution in [1.82, 2.24) is 14.8 Å². The van der Waals surface area contributed by atoms with E-state index >= 15 is 0 Å². The molecule has 2 aliphatic heterocycles. The number of likely N-dealkylation sites (tertiary alicyclic amines) is 2. The van der Waals surface area contributed by atoms with Crippen LogP contribution in [0.3, 0.4) is 0 Å². The van der Waals surface area contributed by atoms with Crippen molar-refractivity contribution >= 4 is 5.91 Å². The average molecular weight is 361 g/mol. The summed E-state index contributed by atoms with van der Waals surface area (Å²) in [6.07, 6.45) is 5.51. The summed E-state index contributed by atoms with van der Waals surface area (Å²) in [4.78, 5) is 20.7. The molecule has 0 N–H and O–H groups in total. The molecule has 1 spiro atoms. The molecule has 2 saturated heterocycles. The number of rotatable bonds is 5. The van der Waals surface area contributed by atoms with Crippen LogP contribution < -0.4 is 0 Å². The van der Waals surface area contributed by atoms with Gasteiger partial charge in [0.2, 0.25) is 0 Å². The molecule has 26 heavy (non-hydrogen) atoms. The van der Waals surface area contributed by atoms with Gasteiger partial charge >= 0.3 is 0 Å². The van der Waals surface area contributed by atoms with Gasteiger partial charge in [-0.05, 0) is 63.7 Å². The Hall–Kier alpha value is -1.53. The average Bonchev–Trinajstić information content (AvgIpc) is 2.59. The zero-order valence-corrected chi connectivity index (χ0v) is 15.5. The Kier molecular flexibility index (Phi) is 4.73. The third kappa shape index (κ3) is 3.25. The van der Waals surface area contributed by atoms with Crippen LogP contribution in [0, 0.1) is 5.92 Å². The second-order valence-electron chi connectivity index (χ2n) is 8.32. The minimum Gasteiger partial charge on any atom is -0.375 e. The second kappa shape index (κ2) is 6.89. The summed E-state index contributed by atoms with van der Waals surface area (Å²) in [7, 11) is 2.13. The molecule has 3 fully saturated rings. The van der Waals surface area contributed by atoms with Crippen molar-refractivity contribution in [1.29, 1.82) is 0 Å². The van der Waals surface area contributed by atoms with Crippen molar-refractivity contribution in [3.05, 3.63) is 30.1 Å². The smallest absolute Gasteiger partial charge is 0.260 e. The van der Waals surface area contributed by atoms with Gasteiger partial charge in [0.05, 0.1) is 24.4 Å². The highest BCUT2D eigenvalue weighted by Gasteiger charge is 2.56. The number of hydrogen-bond donors (Lipinski definition) is 0. The highest BCUT2D eigenvalue weighted by Crippen LogP contribution is 2.43. The molecule has 1 saturated carbocycles. The summed E-state index contributed by atoms with van der Waals surface area (Å²) in [5, 5.41) is 0. The first-order valence-corrected chi connectivity index (χ1v) is 9.68. The highest BCUT2D eigenvalue weighted by molar-refractivity contribution is 5.87. The molecule has 0 radical (unpaired) electrons. The van der Waals surface area contributed by atoms with Gasteiger partial charge in [0.25, 0.3) is 5.91 Å². The highest BCUT2D eigenvalue weighted by atomic mass is 19.1. The van der Waals surface area contributed by atoms with E-state index in [0.29, 0.717) is 45.1 Å². The number of piperidine rings is 1. The fraction of sp³-hybridized carbons (Fsp3) is 0.700. The SMILES string of the molecule is CN1CCC(COCc2ccccn2)CC12CN(C(=O)C1(F)CCC1)C2. The molecule has 0 aromatic carbocycles. The molecule has 1 atom stereocenters. The van der Waals surface area contributed by atoms with Gasteiger partial charge in [-0.25, -0.2) is 4.39 Å². The third-order valence-corrected chi connectivity index (χ3v) is 6.47. The molecule has 4 rings (SSSR count). The van der Waals surface area contributed by atoms with Gasteiger partial charge in [0, 0.05) is 19.3 Å². The maximum absolute atomic E-state index is 14.4. The van der Waals surface area contributed by atoms with E-state index in [1.807, 2.05) is 18.2 Å². The monoisotopic (exact) mass is 361 g/mol. The van der Waals surface area contributed by atoms with Crippen LogP contribution in [0.2, 0.25) is 0 Å². The van der Waals surface area contributed by atoms with E-state index in [1.54, 1.807) is 11.1 Å². The number of alkyl halides is 1. The molecule has 5 nitrogen and oxygen atoms in total. The number of aromatic nitrogens is 1. The van der Waals surface area contributed by atoms with Gasteiger partial charge in [0.1, 0.15) is 0 Å². The summed E-state index contributed by atoms with van der Waals surface area (Å²) < 4.78 is 20.3. The topological polar surface area (TPSA) is 45.7 Å². The van der Waals surface area contributed by atoms with Crippen molar-refractivity contribution in [2.75, 3.05) is 33.3 Å². The molecule has 142 valence electrons. The van der Waals surface area contributed by atoms with Crippen molar-refractivity contribution in [3.8, 4) is 0 Å². The predicted molar refractivity (Wildman–Crippen MR) is 96.2 cm³/mol. The van der Waals surface area contributed by atoms with Crippen LogP contribution in [0.1, 0.15) is 37.8 Å². The molecule has 1 aromatic heterocycles. The predicted octanol–water partition coefficient (Wildman–Crippen LogP) is 2.41. The number of halogens is 1. The molecule has 3 heterocycles. The summed E-state index contributed by atoms with van der Waals surface area (Å²) in [6, 6.07) is 5.84. The Bertz CT molecular complexity index is 644. The number of carbonyl (C=O) groups is 1. The maximum Gasteiger partial charge on any atom is 0.260 e. The number of amides is 1. The van der Waals surface area contributed by atoms with Crippen molar-refractivity contribution in [2.24, 2.45) is 5.92 Å².